The van der Waals surface area contributed by atoms with Crippen molar-refractivity contribution in [2.75, 3.05) is 13.1 Å². The SMILES string of the molecule is N#CC1CCC(C(=O)NC2CCC(Cc3cccc(Cl)c3)CN2)NC1. The molecule has 0 aromatic heterocycles. The number of amides is 1. The Bertz CT molecular complexity index is 629. The molecular formula is C19H25ClN4O. The molecule has 1 aromatic rings. The Morgan fingerprint density at radius 1 is 1.24 bits per heavy atom. The van der Waals surface area contributed by atoms with Crippen molar-refractivity contribution in [3.8, 4) is 6.07 Å². The van der Waals surface area contributed by atoms with Crippen LogP contribution >= 0.6 is 11.6 Å². The van der Waals surface area contributed by atoms with Crippen LogP contribution in [0.1, 0.15) is 31.2 Å². The molecule has 4 atom stereocenters. The molecule has 2 aliphatic rings. The normalized spacial score (nSPS) is 29.6. The fraction of sp³-hybridized carbons (Fsp3) is 0.579. The smallest absolute Gasteiger partial charge is 0.238 e. The first-order valence-electron chi connectivity index (χ1n) is 9.05. The minimum absolute atomic E-state index is 0.0316. The number of nitrogens with zero attached hydrogens (tertiary/aromatic N) is 1. The van der Waals surface area contributed by atoms with E-state index in [-0.39, 0.29) is 24.0 Å². The molecule has 0 spiro atoms. The van der Waals surface area contributed by atoms with Crippen molar-refractivity contribution < 1.29 is 4.79 Å². The lowest BCUT2D eigenvalue weighted by Crippen LogP contribution is -2.56. The van der Waals surface area contributed by atoms with Crippen LogP contribution in [-0.2, 0) is 11.2 Å². The van der Waals surface area contributed by atoms with E-state index in [2.05, 4.69) is 28.1 Å². The molecule has 6 heteroatoms. The minimum atomic E-state index is -0.171. The Labute approximate surface area is 154 Å². The van der Waals surface area contributed by atoms with E-state index in [0.29, 0.717) is 12.5 Å². The van der Waals surface area contributed by atoms with Gasteiger partial charge in [-0.2, -0.15) is 5.26 Å². The first-order valence-corrected chi connectivity index (χ1v) is 9.43. The number of benzene rings is 1. The molecule has 1 aromatic carbocycles. The Kier molecular flexibility index (Phi) is 6.30. The van der Waals surface area contributed by atoms with Crippen molar-refractivity contribution in [3.63, 3.8) is 0 Å². The first-order chi connectivity index (χ1) is 12.1. The zero-order chi connectivity index (χ0) is 17.6. The van der Waals surface area contributed by atoms with Gasteiger partial charge in [0.05, 0.1) is 24.2 Å². The molecule has 2 heterocycles. The van der Waals surface area contributed by atoms with Crippen molar-refractivity contribution in [2.45, 2.75) is 44.3 Å². The second kappa shape index (κ2) is 8.66. The Morgan fingerprint density at radius 3 is 2.76 bits per heavy atom. The highest BCUT2D eigenvalue weighted by Crippen LogP contribution is 2.21. The maximum atomic E-state index is 12.4. The summed E-state index contributed by atoms with van der Waals surface area (Å²) in [5.41, 5.74) is 1.26. The number of rotatable bonds is 4. The van der Waals surface area contributed by atoms with Crippen LogP contribution in [0.4, 0.5) is 0 Å². The molecule has 0 aliphatic carbocycles. The molecule has 25 heavy (non-hydrogen) atoms. The van der Waals surface area contributed by atoms with Gasteiger partial charge < -0.3 is 10.6 Å². The zero-order valence-electron chi connectivity index (χ0n) is 14.3. The predicted molar refractivity (Wildman–Crippen MR) is 97.9 cm³/mol. The first kappa shape index (κ1) is 18.2. The molecule has 2 fully saturated rings. The fourth-order valence-electron chi connectivity index (χ4n) is 3.67. The van der Waals surface area contributed by atoms with Crippen LogP contribution in [0.15, 0.2) is 24.3 Å². The summed E-state index contributed by atoms with van der Waals surface area (Å²) in [4.78, 5) is 12.4. The zero-order valence-corrected chi connectivity index (χ0v) is 15.1. The fourth-order valence-corrected chi connectivity index (χ4v) is 3.89. The molecule has 134 valence electrons. The number of nitriles is 1. The van der Waals surface area contributed by atoms with Gasteiger partial charge in [-0.1, -0.05) is 23.7 Å². The van der Waals surface area contributed by atoms with Gasteiger partial charge in [0.2, 0.25) is 5.91 Å². The molecule has 0 bridgehead atoms. The van der Waals surface area contributed by atoms with E-state index in [1.807, 2.05) is 18.2 Å². The largest absolute Gasteiger partial charge is 0.339 e. The maximum Gasteiger partial charge on any atom is 0.238 e. The van der Waals surface area contributed by atoms with Gasteiger partial charge in [-0.25, -0.2) is 0 Å². The summed E-state index contributed by atoms with van der Waals surface area (Å²) >= 11 is 6.05. The monoisotopic (exact) mass is 360 g/mol. The molecular weight excluding hydrogens is 336 g/mol. The lowest BCUT2D eigenvalue weighted by Gasteiger charge is -2.33. The summed E-state index contributed by atoms with van der Waals surface area (Å²) in [6, 6.07) is 10.1. The van der Waals surface area contributed by atoms with Gasteiger partial charge in [0.15, 0.2) is 0 Å². The second-order valence-corrected chi connectivity index (χ2v) is 7.55. The van der Waals surface area contributed by atoms with Gasteiger partial charge in [-0.15, -0.1) is 0 Å². The Morgan fingerprint density at radius 2 is 2.12 bits per heavy atom. The summed E-state index contributed by atoms with van der Waals surface area (Å²) in [7, 11) is 0. The number of carbonyl (C=O) groups is 1. The Balaban J connectivity index is 1.40. The van der Waals surface area contributed by atoms with Gasteiger partial charge in [-0.3, -0.25) is 10.1 Å². The van der Waals surface area contributed by atoms with Crippen LogP contribution in [0, 0.1) is 23.2 Å². The van der Waals surface area contributed by atoms with Crippen molar-refractivity contribution in [1.29, 1.82) is 5.26 Å². The van der Waals surface area contributed by atoms with Crippen LogP contribution in [-0.4, -0.2) is 31.2 Å². The topological polar surface area (TPSA) is 77.0 Å². The number of halogens is 1. The third-order valence-corrected chi connectivity index (χ3v) is 5.40. The highest BCUT2D eigenvalue weighted by molar-refractivity contribution is 6.30. The predicted octanol–water partition coefficient (Wildman–Crippen LogP) is 2.22. The van der Waals surface area contributed by atoms with Gasteiger partial charge >= 0.3 is 0 Å². The number of piperidine rings is 2. The van der Waals surface area contributed by atoms with E-state index in [1.165, 1.54) is 5.56 Å². The van der Waals surface area contributed by atoms with E-state index < -0.39 is 0 Å². The summed E-state index contributed by atoms with van der Waals surface area (Å²) in [6.45, 7) is 1.50. The lowest BCUT2D eigenvalue weighted by atomic mass is 9.91. The molecule has 3 N–H and O–H groups in total. The van der Waals surface area contributed by atoms with Crippen LogP contribution in [0.2, 0.25) is 5.02 Å². The average Bonchev–Trinajstić information content (AvgIpc) is 2.63. The Hall–Kier alpha value is -1.61. The number of hydrogen-bond donors (Lipinski definition) is 3. The molecule has 5 nitrogen and oxygen atoms in total. The second-order valence-electron chi connectivity index (χ2n) is 7.11. The third-order valence-electron chi connectivity index (χ3n) is 5.16. The number of carbonyl (C=O) groups excluding carboxylic acids is 1. The quantitative estimate of drug-likeness (QED) is 0.769. The van der Waals surface area contributed by atoms with Crippen LogP contribution < -0.4 is 16.0 Å². The van der Waals surface area contributed by atoms with E-state index in [4.69, 9.17) is 16.9 Å². The average molecular weight is 361 g/mol. The summed E-state index contributed by atoms with van der Waals surface area (Å²) in [6.07, 6.45) is 4.59. The molecule has 1 amide bonds. The van der Waals surface area contributed by atoms with Crippen LogP contribution in [0.3, 0.4) is 0 Å². The molecule has 0 saturated carbocycles. The third kappa shape index (κ3) is 5.18. The summed E-state index contributed by atoms with van der Waals surface area (Å²) in [5.74, 6) is 0.641. The van der Waals surface area contributed by atoms with Gasteiger partial charge in [0.25, 0.3) is 0 Å². The summed E-state index contributed by atoms with van der Waals surface area (Å²) in [5, 5.41) is 19.4. The van der Waals surface area contributed by atoms with Gasteiger partial charge in [0.1, 0.15) is 0 Å². The van der Waals surface area contributed by atoms with Crippen molar-refractivity contribution >= 4 is 17.5 Å². The minimum Gasteiger partial charge on any atom is -0.339 e. The molecule has 2 aliphatic heterocycles. The molecule has 2 saturated heterocycles. The highest BCUT2D eigenvalue weighted by Gasteiger charge is 2.28. The summed E-state index contributed by atoms with van der Waals surface area (Å²) < 4.78 is 0. The molecule has 4 unspecified atom stereocenters. The highest BCUT2D eigenvalue weighted by atomic mass is 35.5. The van der Waals surface area contributed by atoms with Crippen molar-refractivity contribution in [1.82, 2.24) is 16.0 Å². The van der Waals surface area contributed by atoms with Crippen LogP contribution in [0.5, 0.6) is 0 Å². The molecule has 3 rings (SSSR count). The number of nitrogens with one attached hydrogen (secondary N) is 3. The van der Waals surface area contributed by atoms with Gasteiger partial charge in [0, 0.05) is 18.1 Å². The van der Waals surface area contributed by atoms with Crippen molar-refractivity contribution in [3.05, 3.63) is 34.9 Å². The van der Waals surface area contributed by atoms with E-state index in [0.717, 1.165) is 43.7 Å². The van der Waals surface area contributed by atoms with E-state index in [9.17, 15) is 4.79 Å². The van der Waals surface area contributed by atoms with Crippen LogP contribution in [0.25, 0.3) is 0 Å². The van der Waals surface area contributed by atoms with Crippen molar-refractivity contribution in [2.24, 2.45) is 11.8 Å². The van der Waals surface area contributed by atoms with E-state index in [1.54, 1.807) is 0 Å². The van der Waals surface area contributed by atoms with E-state index >= 15 is 0 Å². The lowest BCUT2D eigenvalue weighted by molar-refractivity contribution is -0.125. The molecule has 0 radical (unpaired) electrons. The standard InChI is InChI=1S/C19H25ClN4O/c20-16-3-1-2-13(9-16)8-14-5-7-18(23-11-14)24-19(25)17-6-4-15(10-21)12-22-17/h1-3,9,14-15,17-18,22-23H,4-8,11-12H2,(H,24,25). The van der Waals surface area contributed by atoms with Gasteiger partial charge in [-0.05, 0) is 55.7 Å². The maximum absolute atomic E-state index is 12.4. The number of hydrogen-bond acceptors (Lipinski definition) is 4.